The molecule has 0 bridgehead atoms. The number of carbonyl (C=O) groups excluding carboxylic acids is 1. The molecule has 0 saturated heterocycles. The summed E-state index contributed by atoms with van der Waals surface area (Å²) in [5, 5.41) is 6.83. The van der Waals surface area contributed by atoms with Crippen molar-refractivity contribution in [2.45, 2.75) is 6.54 Å². The highest BCUT2D eigenvalue weighted by atomic mass is 16.1. The van der Waals surface area contributed by atoms with Crippen LogP contribution in [0.15, 0.2) is 49.2 Å². The molecular formula is C13H11N5O. The third-order valence-electron chi connectivity index (χ3n) is 2.72. The van der Waals surface area contributed by atoms with Crippen molar-refractivity contribution in [3.63, 3.8) is 0 Å². The van der Waals surface area contributed by atoms with Crippen LogP contribution < -0.4 is 5.32 Å². The predicted octanol–water partition coefficient (Wildman–Crippen LogP) is 1.05. The van der Waals surface area contributed by atoms with Crippen LogP contribution in [0.5, 0.6) is 0 Å². The first-order valence-corrected chi connectivity index (χ1v) is 5.80. The van der Waals surface area contributed by atoms with E-state index in [0.29, 0.717) is 17.8 Å². The van der Waals surface area contributed by atoms with E-state index in [0.717, 1.165) is 5.56 Å². The third-order valence-corrected chi connectivity index (χ3v) is 2.72. The minimum Gasteiger partial charge on any atom is -0.346 e. The van der Waals surface area contributed by atoms with Gasteiger partial charge in [0.05, 0.1) is 5.52 Å². The Morgan fingerprint density at radius 1 is 1.32 bits per heavy atom. The quantitative estimate of drug-likeness (QED) is 0.757. The summed E-state index contributed by atoms with van der Waals surface area (Å²) in [6.45, 7) is 0.420. The maximum absolute atomic E-state index is 12.1. The second kappa shape index (κ2) is 4.85. The molecule has 3 aromatic rings. The zero-order valence-corrected chi connectivity index (χ0v) is 10.0. The van der Waals surface area contributed by atoms with E-state index in [1.807, 2.05) is 18.2 Å². The third kappa shape index (κ3) is 2.28. The minimum atomic E-state index is -0.227. The second-order valence-corrected chi connectivity index (χ2v) is 3.99. The van der Waals surface area contributed by atoms with Gasteiger partial charge in [0, 0.05) is 25.1 Å². The number of hydrogen-bond donors (Lipinski definition) is 1. The molecule has 0 aromatic carbocycles. The van der Waals surface area contributed by atoms with E-state index < -0.39 is 0 Å². The molecule has 0 atom stereocenters. The Labute approximate surface area is 109 Å². The highest BCUT2D eigenvalue weighted by molar-refractivity contribution is 5.98. The van der Waals surface area contributed by atoms with Crippen molar-refractivity contribution in [1.82, 2.24) is 24.9 Å². The summed E-state index contributed by atoms with van der Waals surface area (Å²) in [5.41, 5.74) is 1.99. The number of nitrogens with one attached hydrogen (secondary N) is 1. The maximum Gasteiger partial charge on any atom is 0.272 e. The highest BCUT2D eigenvalue weighted by Crippen LogP contribution is 2.07. The van der Waals surface area contributed by atoms with Gasteiger partial charge < -0.3 is 5.32 Å². The molecule has 0 unspecified atom stereocenters. The molecule has 1 N–H and O–H groups in total. The van der Waals surface area contributed by atoms with Gasteiger partial charge in [-0.15, -0.1) is 0 Å². The van der Waals surface area contributed by atoms with Crippen LogP contribution in [-0.4, -0.2) is 25.5 Å². The largest absolute Gasteiger partial charge is 0.346 e. The Morgan fingerprint density at radius 3 is 3.11 bits per heavy atom. The number of pyridine rings is 1. The molecule has 0 radical (unpaired) electrons. The standard InChI is InChI=1S/C13H11N5O/c19-13(15-8-10-3-1-5-14-7-10)12-11-4-2-6-18(11)17-9-16-12/h1-7,9H,8H2,(H,15,19). The van der Waals surface area contributed by atoms with Gasteiger partial charge in [0.15, 0.2) is 5.69 Å². The average Bonchev–Trinajstić information content (AvgIpc) is 2.94. The lowest BCUT2D eigenvalue weighted by Gasteiger charge is -2.05. The van der Waals surface area contributed by atoms with Crippen LogP contribution in [0.25, 0.3) is 5.52 Å². The van der Waals surface area contributed by atoms with Crippen molar-refractivity contribution >= 4 is 11.4 Å². The van der Waals surface area contributed by atoms with E-state index in [4.69, 9.17) is 0 Å². The van der Waals surface area contributed by atoms with Gasteiger partial charge >= 0.3 is 0 Å². The summed E-state index contributed by atoms with van der Waals surface area (Å²) in [4.78, 5) is 20.1. The van der Waals surface area contributed by atoms with E-state index in [-0.39, 0.29) is 5.91 Å². The molecule has 3 heterocycles. The smallest absolute Gasteiger partial charge is 0.272 e. The summed E-state index contributed by atoms with van der Waals surface area (Å²) < 4.78 is 1.62. The fourth-order valence-corrected chi connectivity index (χ4v) is 1.81. The van der Waals surface area contributed by atoms with Crippen LogP contribution in [0.2, 0.25) is 0 Å². The fraction of sp³-hybridized carbons (Fsp3) is 0.0769. The molecule has 0 aliphatic heterocycles. The lowest BCUT2D eigenvalue weighted by molar-refractivity contribution is 0.0947. The Balaban J connectivity index is 1.79. The van der Waals surface area contributed by atoms with Crippen LogP contribution in [0.4, 0.5) is 0 Å². The summed E-state index contributed by atoms with van der Waals surface area (Å²) in [5.74, 6) is -0.227. The Morgan fingerprint density at radius 2 is 2.26 bits per heavy atom. The molecule has 19 heavy (non-hydrogen) atoms. The van der Waals surface area contributed by atoms with Gasteiger partial charge in [0.25, 0.3) is 5.91 Å². The van der Waals surface area contributed by atoms with Crippen LogP contribution >= 0.6 is 0 Å². The molecular weight excluding hydrogens is 242 g/mol. The monoisotopic (exact) mass is 253 g/mol. The molecule has 0 aliphatic rings. The van der Waals surface area contributed by atoms with Gasteiger partial charge in [-0.25, -0.2) is 9.50 Å². The Bertz CT molecular complexity index is 707. The zero-order chi connectivity index (χ0) is 13.1. The lowest BCUT2D eigenvalue weighted by atomic mass is 10.2. The van der Waals surface area contributed by atoms with Crippen LogP contribution in [0.3, 0.4) is 0 Å². The summed E-state index contributed by atoms with van der Waals surface area (Å²) >= 11 is 0. The van der Waals surface area contributed by atoms with Crippen molar-refractivity contribution in [2.75, 3.05) is 0 Å². The molecule has 6 heteroatoms. The topological polar surface area (TPSA) is 72.2 Å². The van der Waals surface area contributed by atoms with E-state index in [2.05, 4.69) is 20.4 Å². The van der Waals surface area contributed by atoms with Gasteiger partial charge in [0.2, 0.25) is 0 Å². The fourth-order valence-electron chi connectivity index (χ4n) is 1.81. The number of amides is 1. The lowest BCUT2D eigenvalue weighted by Crippen LogP contribution is -2.24. The van der Waals surface area contributed by atoms with Crippen molar-refractivity contribution < 1.29 is 4.79 Å². The molecule has 1 amide bonds. The normalized spacial score (nSPS) is 10.5. The number of fused-ring (bicyclic) bond motifs is 1. The maximum atomic E-state index is 12.1. The zero-order valence-electron chi connectivity index (χ0n) is 10.0. The van der Waals surface area contributed by atoms with Gasteiger partial charge in [-0.3, -0.25) is 9.78 Å². The van der Waals surface area contributed by atoms with Gasteiger partial charge in [-0.2, -0.15) is 5.10 Å². The van der Waals surface area contributed by atoms with Crippen LogP contribution in [0.1, 0.15) is 16.1 Å². The molecule has 3 rings (SSSR count). The summed E-state index contributed by atoms with van der Waals surface area (Å²) in [6, 6.07) is 7.36. The Kier molecular flexibility index (Phi) is 2.89. The SMILES string of the molecule is O=C(NCc1cccnc1)c1ncnn2cccc12. The molecule has 0 saturated carbocycles. The first-order chi connectivity index (χ1) is 9.34. The van der Waals surface area contributed by atoms with Gasteiger partial charge in [0.1, 0.15) is 6.33 Å². The first kappa shape index (κ1) is 11.3. The molecule has 6 nitrogen and oxygen atoms in total. The number of nitrogens with zero attached hydrogens (tertiary/aromatic N) is 4. The minimum absolute atomic E-state index is 0.227. The van der Waals surface area contributed by atoms with Gasteiger partial charge in [-0.1, -0.05) is 6.07 Å². The molecule has 0 aliphatic carbocycles. The van der Waals surface area contributed by atoms with Crippen LogP contribution in [0, 0.1) is 0 Å². The van der Waals surface area contributed by atoms with Crippen LogP contribution in [-0.2, 0) is 6.54 Å². The van der Waals surface area contributed by atoms with Crippen molar-refractivity contribution in [2.24, 2.45) is 0 Å². The van der Waals surface area contributed by atoms with E-state index in [9.17, 15) is 4.79 Å². The average molecular weight is 253 g/mol. The molecule has 0 spiro atoms. The number of rotatable bonds is 3. The highest BCUT2D eigenvalue weighted by Gasteiger charge is 2.11. The van der Waals surface area contributed by atoms with Crippen molar-refractivity contribution in [1.29, 1.82) is 0 Å². The van der Waals surface area contributed by atoms with Crippen molar-refractivity contribution in [3.05, 3.63) is 60.4 Å². The number of hydrogen-bond acceptors (Lipinski definition) is 4. The van der Waals surface area contributed by atoms with E-state index in [1.54, 1.807) is 29.2 Å². The van der Waals surface area contributed by atoms with Crippen molar-refractivity contribution in [3.8, 4) is 0 Å². The van der Waals surface area contributed by atoms with Gasteiger partial charge in [-0.05, 0) is 23.8 Å². The first-order valence-electron chi connectivity index (χ1n) is 5.80. The number of carbonyl (C=O) groups is 1. The number of aromatic nitrogens is 4. The predicted molar refractivity (Wildman–Crippen MR) is 68.4 cm³/mol. The molecule has 3 aromatic heterocycles. The summed E-state index contributed by atoms with van der Waals surface area (Å²) in [7, 11) is 0. The van der Waals surface area contributed by atoms with E-state index >= 15 is 0 Å². The Hall–Kier alpha value is -2.76. The second-order valence-electron chi connectivity index (χ2n) is 3.99. The molecule has 0 fully saturated rings. The molecule has 94 valence electrons. The summed E-state index contributed by atoms with van der Waals surface area (Å²) in [6.07, 6.45) is 6.55. The van der Waals surface area contributed by atoms with E-state index in [1.165, 1.54) is 6.33 Å².